The summed E-state index contributed by atoms with van der Waals surface area (Å²) in [7, 11) is 0. The summed E-state index contributed by atoms with van der Waals surface area (Å²) < 4.78 is 0. The molecule has 0 spiro atoms. The standard InChI is InChI=1S/C5H4N4O2.C5H2N4O2/c2*10-4-2-3(7-1-6-2)8-5(11)9-4/h1H,(H3,6,7,8,9,10,11);1H,(H,9,10,11). The Hall–Kier alpha value is -3.70. The third-order valence-electron chi connectivity index (χ3n) is 2.55. The fraction of sp³-hybridized carbons (Fsp3) is 0. The minimum atomic E-state index is -0.692. The van der Waals surface area contributed by atoms with Crippen molar-refractivity contribution in [2.75, 3.05) is 0 Å². The van der Waals surface area contributed by atoms with Crippen molar-refractivity contribution in [3.05, 3.63) is 27.2 Å². The van der Waals surface area contributed by atoms with Gasteiger partial charge in [0.15, 0.2) is 17.2 Å². The van der Waals surface area contributed by atoms with E-state index in [4.69, 9.17) is 0 Å². The molecule has 2 aliphatic rings. The molecule has 0 saturated carbocycles. The molecule has 12 heteroatoms. The van der Waals surface area contributed by atoms with Crippen LogP contribution in [0.15, 0.2) is 30.9 Å². The highest BCUT2D eigenvalue weighted by Crippen LogP contribution is 2.00. The van der Waals surface area contributed by atoms with E-state index < -0.39 is 23.2 Å². The minimum Gasteiger partial charge on any atom is -0.339 e. The number of aromatic amines is 3. The quantitative estimate of drug-likeness (QED) is 0.441. The van der Waals surface area contributed by atoms with Crippen LogP contribution in [0, 0.1) is 0 Å². The number of imidazole rings is 1. The average molecular weight is 302 g/mol. The van der Waals surface area contributed by atoms with Gasteiger partial charge in [0.25, 0.3) is 11.5 Å². The van der Waals surface area contributed by atoms with Crippen molar-refractivity contribution in [1.82, 2.24) is 25.3 Å². The van der Waals surface area contributed by atoms with Crippen LogP contribution in [0.3, 0.4) is 0 Å². The Bertz CT molecular complexity index is 988. The molecule has 0 unspecified atom stereocenters. The van der Waals surface area contributed by atoms with Gasteiger partial charge in [-0.15, -0.1) is 0 Å². The summed E-state index contributed by atoms with van der Waals surface area (Å²) >= 11 is 0. The number of rotatable bonds is 0. The maximum atomic E-state index is 10.9. The molecule has 0 saturated heterocycles. The maximum absolute atomic E-state index is 10.9. The van der Waals surface area contributed by atoms with Crippen LogP contribution in [-0.2, 0) is 4.79 Å². The SMILES string of the molecule is O=C1N=C2N=CN=C2C(=O)N1.O=c1[nH]c(=O)c2[nH]cnc2[nH]1. The molecule has 0 bridgehead atoms. The molecule has 4 rings (SSSR count). The van der Waals surface area contributed by atoms with Crippen LogP contribution in [0.5, 0.6) is 0 Å². The van der Waals surface area contributed by atoms with Crippen LogP contribution in [0.2, 0.25) is 0 Å². The van der Waals surface area contributed by atoms with Gasteiger partial charge in [-0.05, 0) is 0 Å². The molecule has 3 amide bonds. The number of imide groups is 1. The van der Waals surface area contributed by atoms with Gasteiger partial charge in [0.05, 0.1) is 6.33 Å². The summed E-state index contributed by atoms with van der Waals surface area (Å²) in [5.41, 5.74) is -0.344. The Kier molecular flexibility index (Phi) is 3.02. The predicted molar refractivity (Wildman–Crippen MR) is 74.2 cm³/mol. The highest BCUT2D eigenvalue weighted by molar-refractivity contribution is 6.71. The Balaban J connectivity index is 0.000000131. The van der Waals surface area contributed by atoms with E-state index in [1.807, 2.05) is 5.32 Å². The number of nitrogens with one attached hydrogen (secondary N) is 4. The molecule has 0 aromatic carbocycles. The summed E-state index contributed by atoms with van der Waals surface area (Å²) in [5, 5.41) is 1.97. The molecule has 0 atom stereocenters. The number of amides is 3. The second-order valence-corrected chi connectivity index (χ2v) is 3.95. The number of hydrogen-bond acceptors (Lipinski definition) is 7. The first-order valence-corrected chi connectivity index (χ1v) is 5.75. The molecule has 4 N–H and O–H groups in total. The molecule has 0 aliphatic carbocycles. The Labute approximate surface area is 119 Å². The van der Waals surface area contributed by atoms with E-state index in [1.165, 1.54) is 12.7 Å². The summed E-state index contributed by atoms with van der Waals surface area (Å²) in [4.78, 5) is 64.3. The number of hydrogen-bond donors (Lipinski definition) is 4. The van der Waals surface area contributed by atoms with Gasteiger partial charge in [0, 0.05) is 0 Å². The normalized spacial score (nSPS) is 15.6. The molecule has 2 aliphatic heterocycles. The largest absolute Gasteiger partial charge is 0.350 e. The lowest BCUT2D eigenvalue weighted by atomic mass is 10.3. The van der Waals surface area contributed by atoms with Gasteiger partial charge < -0.3 is 4.98 Å². The summed E-state index contributed by atoms with van der Waals surface area (Å²) in [6.07, 6.45) is 2.53. The van der Waals surface area contributed by atoms with Crippen molar-refractivity contribution in [1.29, 1.82) is 0 Å². The smallest absolute Gasteiger partial charge is 0.339 e. The van der Waals surface area contributed by atoms with E-state index in [-0.39, 0.29) is 22.7 Å². The zero-order valence-electron chi connectivity index (χ0n) is 10.6. The predicted octanol–water partition coefficient (Wildman–Crippen LogP) is -1.94. The van der Waals surface area contributed by atoms with Crippen LogP contribution >= 0.6 is 0 Å². The Morgan fingerprint density at radius 2 is 1.86 bits per heavy atom. The van der Waals surface area contributed by atoms with Gasteiger partial charge in [-0.3, -0.25) is 24.9 Å². The molecular weight excluding hydrogens is 296 g/mol. The molecule has 22 heavy (non-hydrogen) atoms. The molecular formula is C10H6N8O4. The first-order chi connectivity index (χ1) is 10.5. The van der Waals surface area contributed by atoms with Crippen molar-refractivity contribution in [2.24, 2.45) is 15.0 Å². The van der Waals surface area contributed by atoms with Crippen LogP contribution < -0.4 is 16.6 Å². The Morgan fingerprint density at radius 1 is 1.05 bits per heavy atom. The van der Waals surface area contributed by atoms with Crippen molar-refractivity contribution < 1.29 is 9.59 Å². The number of carbonyl (C=O) groups excluding carboxylic acids is 2. The van der Waals surface area contributed by atoms with Crippen LogP contribution in [-0.4, -0.2) is 49.8 Å². The molecule has 110 valence electrons. The lowest BCUT2D eigenvalue weighted by Gasteiger charge is -2.05. The van der Waals surface area contributed by atoms with Gasteiger partial charge in [0.1, 0.15) is 11.9 Å². The molecule has 0 radical (unpaired) electrons. The van der Waals surface area contributed by atoms with Gasteiger partial charge in [0.2, 0.25) is 0 Å². The number of H-pyrrole nitrogens is 3. The zero-order chi connectivity index (χ0) is 15.7. The first-order valence-electron chi connectivity index (χ1n) is 5.75. The van der Waals surface area contributed by atoms with Gasteiger partial charge in [-0.2, -0.15) is 4.99 Å². The third-order valence-corrected chi connectivity index (χ3v) is 2.55. The number of amidine groups is 1. The number of nitrogens with zero attached hydrogens (tertiary/aromatic N) is 4. The summed E-state index contributed by atoms with van der Waals surface area (Å²) in [5.74, 6) is -0.448. The van der Waals surface area contributed by atoms with Crippen LogP contribution in [0.4, 0.5) is 4.79 Å². The fourth-order valence-corrected chi connectivity index (χ4v) is 1.65. The van der Waals surface area contributed by atoms with Gasteiger partial charge in [-0.25, -0.2) is 24.6 Å². The Morgan fingerprint density at radius 3 is 2.68 bits per heavy atom. The highest BCUT2D eigenvalue weighted by atomic mass is 16.2. The summed E-state index contributed by atoms with van der Waals surface area (Å²) in [6, 6.07) is -0.692. The topological polar surface area (TPSA) is 178 Å². The van der Waals surface area contributed by atoms with E-state index in [2.05, 4.69) is 34.9 Å². The first kappa shape index (κ1) is 13.3. The maximum Gasteiger partial charge on any atom is 0.350 e. The number of carbonyl (C=O) groups is 2. The average Bonchev–Trinajstić information content (AvgIpc) is 3.07. The van der Waals surface area contributed by atoms with Gasteiger partial charge >= 0.3 is 11.7 Å². The molecule has 0 fully saturated rings. The summed E-state index contributed by atoms with van der Waals surface area (Å²) in [6.45, 7) is 0. The van der Waals surface area contributed by atoms with E-state index >= 15 is 0 Å². The van der Waals surface area contributed by atoms with Crippen molar-refractivity contribution in [3.63, 3.8) is 0 Å². The van der Waals surface area contributed by atoms with Crippen molar-refractivity contribution >= 4 is 41.0 Å². The van der Waals surface area contributed by atoms with E-state index in [0.29, 0.717) is 0 Å². The lowest BCUT2D eigenvalue weighted by molar-refractivity contribution is -0.113. The number of aromatic nitrogens is 4. The number of fused-ring (bicyclic) bond motifs is 2. The molecule has 2 aromatic rings. The molecule has 4 heterocycles. The third kappa shape index (κ3) is 2.35. The van der Waals surface area contributed by atoms with Crippen LogP contribution in [0.1, 0.15) is 0 Å². The van der Waals surface area contributed by atoms with Gasteiger partial charge in [-0.1, -0.05) is 0 Å². The lowest BCUT2D eigenvalue weighted by Crippen LogP contribution is -2.41. The van der Waals surface area contributed by atoms with Crippen LogP contribution in [0.25, 0.3) is 11.2 Å². The second kappa shape index (κ2) is 5.01. The number of urea groups is 1. The van der Waals surface area contributed by atoms with E-state index in [0.717, 1.165) is 0 Å². The van der Waals surface area contributed by atoms with Crippen molar-refractivity contribution in [2.45, 2.75) is 0 Å². The van der Waals surface area contributed by atoms with E-state index in [9.17, 15) is 19.2 Å². The zero-order valence-corrected chi connectivity index (χ0v) is 10.6. The van der Waals surface area contributed by atoms with E-state index in [1.54, 1.807) is 0 Å². The number of aliphatic imine (C=N–C) groups is 3. The fourth-order valence-electron chi connectivity index (χ4n) is 1.65. The monoisotopic (exact) mass is 302 g/mol. The second-order valence-electron chi connectivity index (χ2n) is 3.95. The van der Waals surface area contributed by atoms with Crippen molar-refractivity contribution in [3.8, 4) is 0 Å². The highest BCUT2D eigenvalue weighted by Gasteiger charge is 2.27. The molecule has 2 aromatic heterocycles. The molecule has 12 nitrogen and oxygen atoms in total. The minimum absolute atomic E-state index is 0.0961.